The van der Waals surface area contributed by atoms with Gasteiger partial charge in [0.2, 0.25) is 0 Å². The molecule has 1 aliphatic carbocycles. The maximum Gasteiger partial charge on any atom is 0.332 e. The van der Waals surface area contributed by atoms with Crippen LogP contribution in [0.5, 0.6) is 0 Å². The van der Waals surface area contributed by atoms with Crippen LogP contribution in [0.3, 0.4) is 0 Å². The molecule has 2 unspecified atom stereocenters. The molecule has 28 heavy (non-hydrogen) atoms. The fourth-order valence-electron chi connectivity index (χ4n) is 4.14. The van der Waals surface area contributed by atoms with Gasteiger partial charge in [-0.05, 0) is 31.2 Å². The monoisotopic (exact) mass is 404 g/mol. The highest BCUT2D eigenvalue weighted by molar-refractivity contribution is 7.18. The Kier molecular flexibility index (Phi) is 4.13. The second-order valence-electron chi connectivity index (χ2n) is 8.11. The van der Waals surface area contributed by atoms with E-state index in [9.17, 15) is 14.4 Å². The molecule has 2 amide bonds. The number of nitrogens with one attached hydrogen (secondary N) is 1. The summed E-state index contributed by atoms with van der Waals surface area (Å²) < 4.78 is 8.75. The number of carbonyl (C=O) groups excluding carboxylic acids is 1. The second kappa shape index (κ2) is 6.45. The molecule has 3 atom stereocenters. The summed E-state index contributed by atoms with van der Waals surface area (Å²) in [5, 5.41) is 3.43. The van der Waals surface area contributed by atoms with Crippen LogP contribution >= 0.6 is 11.3 Å². The van der Waals surface area contributed by atoms with Crippen molar-refractivity contribution < 1.29 is 9.53 Å². The van der Waals surface area contributed by atoms with E-state index in [1.165, 1.54) is 15.9 Å². The summed E-state index contributed by atoms with van der Waals surface area (Å²) in [6.45, 7) is 6.94. The molecular formula is C19H24N4O4S. The second-order valence-corrected chi connectivity index (χ2v) is 9.20. The highest BCUT2D eigenvalue weighted by atomic mass is 32.1. The molecule has 0 spiro atoms. The van der Waals surface area contributed by atoms with Crippen LogP contribution in [-0.4, -0.2) is 45.9 Å². The molecule has 8 nitrogen and oxygen atoms in total. The van der Waals surface area contributed by atoms with Gasteiger partial charge >= 0.3 is 11.7 Å². The number of thiophene rings is 1. The van der Waals surface area contributed by atoms with Crippen LogP contribution in [0, 0.1) is 12.8 Å². The number of aryl methyl sites for hydroxylation is 1. The normalized spacial score (nSPS) is 26.6. The Morgan fingerprint density at radius 1 is 1.29 bits per heavy atom. The summed E-state index contributed by atoms with van der Waals surface area (Å²) in [4.78, 5) is 41.9. The van der Waals surface area contributed by atoms with Crippen LogP contribution in [0.25, 0.3) is 10.2 Å². The van der Waals surface area contributed by atoms with Gasteiger partial charge in [0.15, 0.2) is 0 Å². The number of ether oxygens (including phenoxy) is 1. The van der Waals surface area contributed by atoms with E-state index in [0.717, 1.165) is 29.9 Å². The van der Waals surface area contributed by atoms with Crippen molar-refractivity contribution >= 4 is 27.6 Å². The molecule has 0 bridgehead atoms. The van der Waals surface area contributed by atoms with E-state index in [2.05, 4.69) is 12.2 Å². The van der Waals surface area contributed by atoms with Crippen LogP contribution in [0.1, 0.15) is 36.2 Å². The summed E-state index contributed by atoms with van der Waals surface area (Å²) in [7, 11) is 0. The first-order valence-electron chi connectivity index (χ1n) is 9.87. The summed E-state index contributed by atoms with van der Waals surface area (Å²) in [5.41, 5.74) is 0.468. The fourth-order valence-corrected chi connectivity index (χ4v) is 5.46. The lowest BCUT2D eigenvalue weighted by Crippen LogP contribution is -2.43. The summed E-state index contributed by atoms with van der Waals surface area (Å²) in [6, 6.07) is -0.0913. The summed E-state index contributed by atoms with van der Waals surface area (Å²) in [5.74, 6) is 0.350. The predicted molar refractivity (Wildman–Crippen MR) is 106 cm³/mol. The molecule has 3 aliphatic rings. The largest absolute Gasteiger partial charge is 0.376 e. The SMILES string of the molecule is Cc1c(CN2CCNC2=O)sc2c1c(=O)n(C1C[C@@H]1C)c(=O)n2CC1CCO1. The number of rotatable bonds is 5. The molecule has 2 aromatic rings. The quantitative estimate of drug-likeness (QED) is 0.817. The summed E-state index contributed by atoms with van der Waals surface area (Å²) >= 11 is 1.46. The van der Waals surface area contributed by atoms with Gasteiger partial charge in [-0.2, -0.15) is 0 Å². The summed E-state index contributed by atoms with van der Waals surface area (Å²) in [6.07, 6.45) is 1.82. The number of urea groups is 1. The molecule has 2 saturated heterocycles. The number of hydrogen-bond acceptors (Lipinski definition) is 5. The van der Waals surface area contributed by atoms with Gasteiger partial charge in [0.25, 0.3) is 5.56 Å². The molecule has 9 heteroatoms. The minimum atomic E-state index is -0.228. The minimum Gasteiger partial charge on any atom is -0.376 e. The van der Waals surface area contributed by atoms with Crippen molar-refractivity contribution in [2.24, 2.45) is 5.92 Å². The van der Waals surface area contributed by atoms with Gasteiger partial charge in [0.1, 0.15) is 4.83 Å². The number of fused-ring (bicyclic) bond motifs is 1. The highest BCUT2D eigenvalue weighted by Gasteiger charge is 2.38. The number of nitrogens with zero attached hydrogens (tertiary/aromatic N) is 3. The first-order chi connectivity index (χ1) is 13.5. The van der Waals surface area contributed by atoms with Gasteiger partial charge in [-0.25, -0.2) is 9.59 Å². The lowest BCUT2D eigenvalue weighted by atomic mass is 10.1. The van der Waals surface area contributed by atoms with Gasteiger partial charge in [0, 0.05) is 30.6 Å². The average molecular weight is 404 g/mol. The Bertz CT molecular complexity index is 1080. The predicted octanol–water partition coefficient (Wildman–Crippen LogP) is 1.43. The van der Waals surface area contributed by atoms with Crippen molar-refractivity contribution in [2.75, 3.05) is 19.7 Å². The van der Waals surface area contributed by atoms with Gasteiger partial charge < -0.3 is 15.0 Å². The number of hydrogen-bond donors (Lipinski definition) is 1. The molecule has 4 heterocycles. The first-order valence-corrected chi connectivity index (χ1v) is 10.7. The van der Waals surface area contributed by atoms with Gasteiger partial charge in [-0.1, -0.05) is 6.92 Å². The van der Waals surface area contributed by atoms with Gasteiger partial charge in [-0.15, -0.1) is 11.3 Å². The van der Waals surface area contributed by atoms with Crippen molar-refractivity contribution in [3.8, 4) is 0 Å². The molecular weight excluding hydrogens is 380 g/mol. The van der Waals surface area contributed by atoms with Crippen molar-refractivity contribution in [2.45, 2.75) is 51.9 Å². The number of amides is 2. The Hall–Kier alpha value is -2.13. The average Bonchev–Trinajstić information content (AvgIpc) is 3.03. The van der Waals surface area contributed by atoms with Crippen molar-refractivity contribution in [3.05, 3.63) is 31.3 Å². The standard InChI is InChI=1S/C19H24N4O4S/c1-10-7-13(10)23-16(24)15-11(2)14(9-21-5-4-20-18(21)25)28-17(15)22(19(23)26)8-12-3-6-27-12/h10,12-13H,3-9H2,1-2H3,(H,20,25)/t10-,12?,13?/m0/s1. The lowest BCUT2D eigenvalue weighted by Gasteiger charge is -2.27. The van der Waals surface area contributed by atoms with E-state index in [0.29, 0.717) is 42.3 Å². The van der Waals surface area contributed by atoms with Crippen LogP contribution < -0.4 is 16.6 Å². The molecule has 1 N–H and O–H groups in total. The molecule has 1 saturated carbocycles. The maximum atomic E-state index is 13.3. The van der Waals surface area contributed by atoms with E-state index in [4.69, 9.17) is 4.74 Å². The zero-order valence-electron chi connectivity index (χ0n) is 16.1. The van der Waals surface area contributed by atoms with E-state index in [1.54, 1.807) is 9.47 Å². The van der Waals surface area contributed by atoms with E-state index >= 15 is 0 Å². The number of aromatic nitrogens is 2. The third-order valence-electron chi connectivity index (χ3n) is 6.20. The van der Waals surface area contributed by atoms with E-state index in [1.807, 2.05) is 6.92 Å². The highest BCUT2D eigenvalue weighted by Crippen LogP contribution is 2.41. The number of carbonyl (C=O) groups is 1. The maximum absolute atomic E-state index is 13.3. The zero-order valence-corrected chi connectivity index (χ0v) is 16.9. The molecule has 0 radical (unpaired) electrons. The Balaban J connectivity index is 1.66. The smallest absolute Gasteiger partial charge is 0.332 e. The Morgan fingerprint density at radius 3 is 2.61 bits per heavy atom. The molecule has 0 aromatic carbocycles. The van der Waals surface area contributed by atoms with Crippen molar-refractivity contribution in [3.63, 3.8) is 0 Å². The van der Waals surface area contributed by atoms with Crippen molar-refractivity contribution in [1.29, 1.82) is 0 Å². The third-order valence-corrected chi connectivity index (χ3v) is 7.50. The minimum absolute atomic E-state index is 0.00920. The fraction of sp³-hybridized carbons (Fsp3) is 0.632. The van der Waals surface area contributed by atoms with E-state index < -0.39 is 0 Å². The topological polar surface area (TPSA) is 85.6 Å². The van der Waals surface area contributed by atoms with Gasteiger partial charge in [-0.3, -0.25) is 13.9 Å². The molecule has 2 aromatic heterocycles. The van der Waals surface area contributed by atoms with Crippen LogP contribution in [-0.2, 0) is 17.8 Å². The molecule has 150 valence electrons. The van der Waals surface area contributed by atoms with Crippen LogP contribution in [0.2, 0.25) is 0 Å². The van der Waals surface area contributed by atoms with Gasteiger partial charge in [0.05, 0.1) is 24.6 Å². The van der Waals surface area contributed by atoms with Crippen LogP contribution in [0.15, 0.2) is 9.59 Å². The molecule has 5 rings (SSSR count). The van der Waals surface area contributed by atoms with Crippen molar-refractivity contribution in [1.82, 2.24) is 19.4 Å². The van der Waals surface area contributed by atoms with Crippen LogP contribution in [0.4, 0.5) is 4.79 Å². The Labute approximate surface area is 165 Å². The molecule has 3 fully saturated rings. The lowest BCUT2D eigenvalue weighted by molar-refractivity contribution is -0.0593. The zero-order chi connectivity index (χ0) is 19.6. The Morgan fingerprint density at radius 2 is 2.04 bits per heavy atom. The molecule has 2 aliphatic heterocycles. The first kappa shape index (κ1) is 17.9. The van der Waals surface area contributed by atoms with E-state index in [-0.39, 0.29) is 29.4 Å². The third kappa shape index (κ3) is 2.71.